The van der Waals surface area contributed by atoms with Crippen molar-refractivity contribution in [1.29, 1.82) is 0 Å². The zero-order valence-corrected chi connectivity index (χ0v) is 10.7. The Hall–Kier alpha value is -0.900. The zero-order chi connectivity index (χ0) is 12.4. The lowest BCUT2D eigenvalue weighted by Crippen LogP contribution is -2.55. The van der Waals surface area contributed by atoms with Gasteiger partial charge in [-0.05, 0) is 20.8 Å². The van der Waals surface area contributed by atoms with E-state index in [9.17, 15) is 9.59 Å². The molecule has 1 rings (SSSR count). The molecular weight excluding hydrogens is 206 g/mol. The number of nitrogens with zero attached hydrogens (tertiary/aromatic N) is 1. The number of aldehydes is 1. The summed E-state index contributed by atoms with van der Waals surface area (Å²) in [5, 5.41) is 0. The number of amides is 1. The molecule has 0 unspecified atom stereocenters. The van der Waals surface area contributed by atoms with Crippen LogP contribution in [0.1, 0.15) is 33.6 Å². The Bertz CT molecular complexity index is 272. The quantitative estimate of drug-likeness (QED) is 0.509. The summed E-state index contributed by atoms with van der Waals surface area (Å²) in [7, 11) is 1.88. The molecule has 0 aromatic heterocycles. The third-order valence-corrected chi connectivity index (χ3v) is 3.01. The highest BCUT2D eigenvalue weighted by Crippen LogP contribution is 2.23. The van der Waals surface area contributed by atoms with E-state index in [0.717, 1.165) is 19.1 Å². The first kappa shape index (κ1) is 13.2. The van der Waals surface area contributed by atoms with Gasteiger partial charge in [0.1, 0.15) is 11.9 Å². The summed E-state index contributed by atoms with van der Waals surface area (Å²) in [5.41, 5.74) is -0.445. The molecule has 16 heavy (non-hydrogen) atoms. The summed E-state index contributed by atoms with van der Waals surface area (Å²) in [4.78, 5) is 22.6. The lowest BCUT2D eigenvalue weighted by Gasteiger charge is -2.37. The van der Waals surface area contributed by atoms with Gasteiger partial charge in [-0.1, -0.05) is 0 Å². The van der Waals surface area contributed by atoms with Crippen molar-refractivity contribution in [2.45, 2.75) is 39.2 Å². The predicted octanol–water partition coefficient (Wildman–Crippen LogP) is 1.98. The first-order valence-corrected chi connectivity index (χ1v) is 5.80. The van der Waals surface area contributed by atoms with E-state index in [-0.39, 0.29) is 12.0 Å². The van der Waals surface area contributed by atoms with Crippen molar-refractivity contribution in [1.82, 2.24) is 0 Å². The van der Waals surface area contributed by atoms with Crippen LogP contribution < -0.4 is 0 Å². The number of rotatable bonds is 1. The average molecular weight is 228 g/mol. The normalized spacial score (nSPS) is 30.9. The predicted molar refractivity (Wildman–Crippen MR) is 60.9 cm³/mol. The number of likely N-dealkylation sites (tertiary alicyclic amines) is 1. The van der Waals surface area contributed by atoms with Crippen LogP contribution in [-0.4, -0.2) is 42.6 Å². The van der Waals surface area contributed by atoms with Crippen LogP contribution in [0, 0.1) is 5.92 Å². The molecule has 1 aliphatic heterocycles. The Morgan fingerprint density at radius 3 is 2.19 bits per heavy atom. The monoisotopic (exact) mass is 228 g/mol. The van der Waals surface area contributed by atoms with E-state index in [1.807, 2.05) is 27.8 Å². The van der Waals surface area contributed by atoms with Gasteiger partial charge in [-0.3, -0.25) is 0 Å². The molecule has 1 fully saturated rings. The van der Waals surface area contributed by atoms with Gasteiger partial charge in [-0.2, -0.15) is 4.79 Å². The first-order valence-electron chi connectivity index (χ1n) is 5.80. The van der Waals surface area contributed by atoms with Gasteiger partial charge in [-0.25, -0.2) is 4.48 Å². The second kappa shape index (κ2) is 4.53. The number of carbonyl (C=O) groups is 2. The van der Waals surface area contributed by atoms with Crippen molar-refractivity contribution >= 4 is 12.4 Å². The minimum Gasteiger partial charge on any atom is -0.414 e. The molecule has 0 spiro atoms. The summed E-state index contributed by atoms with van der Waals surface area (Å²) in [5.74, 6) is 0.119. The van der Waals surface area contributed by atoms with Crippen LogP contribution >= 0.6 is 0 Å². The molecule has 0 N–H and O–H groups in total. The highest BCUT2D eigenvalue weighted by Gasteiger charge is 2.40. The Balaban J connectivity index is 2.59. The Labute approximate surface area is 97.2 Å². The molecule has 0 atom stereocenters. The van der Waals surface area contributed by atoms with Crippen molar-refractivity contribution in [3.05, 3.63) is 0 Å². The fourth-order valence-corrected chi connectivity index (χ4v) is 1.85. The third-order valence-electron chi connectivity index (χ3n) is 3.01. The fourth-order valence-electron chi connectivity index (χ4n) is 1.85. The maximum absolute atomic E-state index is 12.0. The van der Waals surface area contributed by atoms with Crippen molar-refractivity contribution in [3.63, 3.8) is 0 Å². The van der Waals surface area contributed by atoms with Gasteiger partial charge in [0.15, 0.2) is 0 Å². The van der Waals surface area contributed by atoms with Crippen LogP contribution in [0.4, 0.5) is 4.79 Å². The Morgan fingerprint density at radius 2 is 1.81 bits per heavy atom. The number of hydrogen-bond acceptors (Lipinski definition) is 3. The van der Waals surface area contributed by atoms with E-state index in [1.165, 1.54) is 0 Å². The molecule has 1 aliphatic rings. The molecule has 4 heteroatoms. The van der Waals surface area contributed by atoms with Gasteiger partial charge >= 0.3 is 6.09 Å². The molecule has 0 aromatic carbocycles. The Morgan fingerprint density at radius 1 is 1.31 bits per heavy atom. The van der Waals surface area contributed by atoms with Crippen molar-refractivity contribution in [3.8, 4) is 0 Å². The van der Waals surface area contributed by atoms with Gasteiger partial charge in [-0.15, -0.1) is 0 Å². The molecule has 4 nitrogen and oxygen atoms in total. The topological polar surface area (TPSA) is 43.4 Å². The van der Waals surface area contributed by atoms with E-state index >= 15 is 0 Å². The number of quaternary nitrogens is 1. The lowest BCUT2D eigenvalue weighted by atomic mass is 9.97. The van der Waals surface area contributed by atoms with Gasteiger partial charge in [0, 0.05) is 18.8 Å². The summed E-state index contributed by atoms with van der Waals surface area (Å²) in [6, 6.07) is 0. The van der Waals surface area contributed by atoms with Crippen LogP contribution in [0.15, 0.2) is 0 Å². The molecule has 0 aliphatic carbocycles. The van der Waals surface area contributed by atoms with Gasteiger partial charge in [0.2, 0.25) is 0 Å². The maximum atomic E-state index is 12.0. The zero-order valence-electron chi connectivity index (χ0n) is 10.7. The molecule has 1 amide bonds. The van der Waals surface area contributed by atoms with Crippen LogP contribution in [-0.2, 0) is 9.53 Å². The van der Waals surface area contributed by atoms with Crippen molar-refractivity contribution in [2.24, 2.45) is 5.92 Å². The molecule has 0 saturated carbocycles. The maximum Gasteiger partial charge on any atom is 0.516 e. The Kier molecular flexibility index (Phi) is 3.73. The molecule has 1 saturated heterocycles. The molecule has 92 valence electrons. The largest absolute Gasteiger partial charge is 0.516 e. The van der Waals surface area contributed by atoms with Crippen LogP contribution in [0.2, 0.25) is 0 Å². The highest BCUT2D eigenvalue weighted by molar-refractivity contribution is 5.60. The second-order valence-corrected chi connectivity index (χ2v) is 5.80. The number of ether oxygens (including phenoxy) is 1. The van der Waals surface area contributed by atoms with E-state index in [2.05, 4.69) is 0 Å². The van der Waals surface area contributed by atoms with Crippen LogP contribution in [0.3, 0.4) is 0 Å². The number of carbonyl (C=O) groups excluding carboxylic acids is 2. The third kappa shape index (κ3) is 3.30. The van der Waals surface area contributed by atoms with Crippen LogP contribution in [0.25, 0.3) is 0 Å². The minimum absolute atomic E-state index is 0.119. The summed E-state index contributed by atoms with van der Waals surface area (Å²) in [6.07, 6.45) is 2.37. The molecule has 0 radical (unpaired) electrons. The van der Waals surface area contributed by atoms with Gasteiger partial charge in [0.25, 0.3) is 0 Å². The summed E-state index contributed by atoms with van der Waals surface area (Å²) < 4.78 is 5.69. The summed E-state index contributed by atoms with van der Waals surface area (Å²) >= 11 is 0. The molecular formula is C12H22NO3+. The van der Waals surface area contributed by atoms with E-state index in [0.29, 0.717) is 17.6 Å². The van der Waals surface area contributed by atoms with Crippen molar-refractivity contribution in [2.75, 3.05) is 20.1 Å². The van der Waals surface area contributed by atoms with E-state index in [1.54, 1.807) is 0 Å². The molecule has 0 bridgehead atoms. The lowest BCUT2D eigenvalue weighted by molar-refractivity contribution is -0.844. The average Bonchev–Trinajstić information content (AvgIpc) is 2.16. The van der Waals surface area contributed by atoms with Gasteiger partial charge < -0.3 is 9.53 Å². The van der Waals surface area contributed by atoms with E-state index < -0.39 is 5.60 Å². The SMILES string of the molecule is CC(C)(C)OC(=O)[N+]1(C)CCC(C=O)CC1. The highest BCUT2D eigenvalue weighted by atomic mass is 16.6. The van der Waals surface area contributed by atoms with Crippen molar-refractivity contribution < 1.29 is 18.8 Å². The fraction of sp³-hybridized carbons (Fsp3) is 0.833. The number of hydrogen-bond donors (Lipinski definition) is 0. The van der Waals surface area contributed by atoms with Crippen LogP contribution in [0.5, 0.6) is 0 Å². The van der Waals surface area contributed by atoms with E-state index in [4.69, 9.17) is 4.74 Å². The molecule has 1 heterocycles. The standard InChI is InChI=1S/C12H22NO3/c1-12(2,3)16-11(15)13(4)7-5-10(9-14)6-8-13/h9-10H,5-8H2,1-4H3/q+1. The molecule has 0 aromatic rings. The smallest absolute Gasteiger partial charge is 0.414 e. The first-order chi connectivity index (χ1) is 7.27. The number of piperidine rings is 1. The van der Waals surface area contributed by atoms with Gasteiger partial charge in [0.05, 0.1) is 20.1 Å². The summed E-state index contributed by atoms with van der Waals surface area (Å²) in [6.45, 7) is 7.00. The second-order valence-electron chi connectivity index (χ2n) is 5.80. The minimum atomic E-state index is -0.445.